The van der Waals surface area contributed by atoms with Gasteiger partial charge in [0.1, 0.15) is 6.10 Å². The molecule has 0 aromatic heterocycles. The summed E-state index contributed by atoms with van der Waals surface area (Å²) in [6, 6.07) is 0. The van der Waals surface area contributed by atoms with Crippen LogP contribution in [-0.4, -0.2) is 40.9 Å². The molecule has 1 aliphatic heterocycles. The third-order valence-corrected chi connectivity index (χ3v) is 3.57. The quantitative estimate of drug-likeness (QED) is 0.748. The van der Waals surface area contributed by atoms with Crippen LogP contribution in [0, 0.1) is 0 Å². The average Bonchev–Trinajstić information content (AvgIpc) is 2.27. The lowest BCUT2D eigenvalue weighted by Gasteiger charge is -2.37. The van der Waals surface area contributed by atoms with E-state index in [1.165, 1.54) is 19.3 Å². The third-order valence-electron chi connectivity index (χ3n) is 3.57. The predicted molar refractivity (Wildman–Crippen MR) is 58.9 cm³/mol. The van der Waals surface area contributed by atoms with E-state index >= 15 is 0 Å². The Hall–Kier alpha value is -0.160. The number of hydrogen-bond donors (Lipinski definition) is 2. The molecule has 0 spiro atoms. The summed E-state index contributed by atoms with van der Waals surface area (Å²) >= 11 is 0. The van der Waals surface area contributed by atoms with Gasteiger partial charge in [-0.3, -0.25) is 0 Å². The molecule has 1 aliphatic carbocycles. The van der Waals surface area contributed by atoms with Crippen LogP contribution in [0.25, 0.3) is 0 Å². The van der Waals surface area contributed by atoms with E-state index in [9.17, 15) is 10.2 Å². The van der Waals surface area contributed by atoms with Gasteiger partial charge in [-0.1, -0.05) is 19.3 Å². The fourth-order valence-corrected chi connectivity index (χ4v) is 2.53. The molecule has 94 valence electrons. The van der Waals surface area contributed by atoms with Crippen LogP contribution in [0.5, 0.6) is 0 Å². The second-order valence-corrected chi connectivity index (χ2v) is 4.96. The summed E-state index contributed by atoms with van der Waals surface area (Å²) in [6.07, 6.45) is 4.35. The molecule has 0 radical (unpaired) electrons. The Kier molecular flexibility index (Phi) is 4.19. The van der Waals surface area contributed by atoms with Gasteiger partial charge in [0.05, 0.1) is 18.3 Å². The van der Waals surface area contributed by atoms with Gasteiger partial charge >= 0.3 is 0 Å². The molecule has 2 fully saturated rings. The first-order valence-electron chi connectivity index (χ1n) is 6.34. The van der Waals surface area contributed by atoms with Crippen molar-refractivity contribution in [3.05, 3.63) is 0 Å². The largest absolute Gasteiger partial charge is 0.390 e. The topological polar surface area (TPSA) is 58.9 Å². The van der Waals surface area contributed by atoms with Gasteiger partial charge in [0, 0.05) is 6.42 Å². The lowest BCUT2D eigenvalue weighted by atomic mass is 9.97. The molecule has 0 bridgehead atoms. The third kappa shape index (κ3) is 2.94. The smallest absolute Gasteiger partial charge is 0.161 e. The fraction of sp³-hybridized carbons (Fsp3) is 1.00. The molecule has 4 nitrogen and oxygen atoms in total. The minimum absolute atomic E-state index is 0.272. The highest BCUT2D eigenvalue weighted by atomic mass is 16.7. The van der Waals surface area contributed by atoms with Gasteiger partial charge in [0.2, 0.25) is 0 Å². The SMILES string of the molecule is C[C@H]1O[C@@H](OC2CCCCC2)C[C@@H](O)[C@@H]1O. The summed E-state index contributed by atoms with van der Waals surface area (Å²) in [4.78, 5) is 0. The molecule has 1 saturated heterocycles. The van der Waals surface area contributed by atoms with Gasteiger partial charge in [-0.25, -0.2) is 0 Å². The van der Waals surface area contributed by atoms with Crippen molar-refractivity contribution >= 4 is 0 Å². The Morgan fingerprint density at radius 3 is 2.44 bits per heavy atom. The Labute approximate surface area is 96.6 Å². The maximum absolute atomic E-state index is 9.64. The Morgan fingerprint density at radius 1 is 1.12 bits per heavy atom. The van der Waals surface area contributed by atoms with Gasteiger partial charge in [0.25, 0.3) is 0 Å². The zero-order chi connectivity index (χ0) is 11.5. The zero-order valence-corrected chi connectivity index (χ0v) is 9.84. The fourth-order valence-electron chi connectivity index (χ4n) is 2.53. The molecule has 16 heavy (non-hydrogen) atoms. The van der Waals surface area contributed by atoms with Crippen molar-refractivity contribution in [3.63, 3.8) is 0 Å². The van der Waals surface area contributed by atoms with Crippen molar-refractivity contribution in [3.8, 4) is 0 Å². The molecule has 0 amide bonds. The maximum atomic E-state index is 9.64. The number of rotatable bonds is 2. The van der Waals surface area contributed by atoms with E-state index < -0.39 is 12.2 Å². The van der Waals surface area contributed by atoms with Gasteiger partial charge in [-0.2, -0.15) is 0 Å². The standard InChI is InChI=1S/C12H22O4/c1-8-12(14)10(13)7-11(15-8)16-9-5-3-2-4-6-9/h8-14H,2-7H2,1H3/t8-,10-,11+,12-/m1/s1. The lowest BCUT2D eigenvalue weighted by molar-refractivity contribution is -0.261. The summed E-state index contributed by atoms with van der Waals surface area (Å²) in [5, 5.41) is 19.2. The van der Waals surface area contributed by atoms with Gasteiger partial charge < -0.3 is 19.7 Å². The van der Waals surface area contributed by atoms with E-state index in [1.807, 2.05) is 0 Å². The zero-order valence-electron chi connectivity index (χ0n) is 9.84. The number of ether oxygens (including phenoxy) is 2. The lowest BCUT2D eigenvalue weighted by Crippen LogP contribution is -2.48. The van der Waals surface area contributed by atoms with Crippen molar-refractivity contribution < 1.29 is 19.7 Å². The van der Waals surface area contributed by atoms with E-state index in [0.717, 1.165) is 12.8 Å². The molecular formula is C12H22O4. The van der Waals surface area contributed by atoms with Gasteiger partial charge in [-0.15, -0.1) is 0 Å². The second-order valence-electron chi connectivity index (χ2n) is 4.96. The molecule has 0 unspecified atom stereocenters. The molecule has 1 heterocycles. The van der Waals surface area contributed by atoms with Crippen molar-refractivity contribution in [2.24, 2.45) is 0 Å². The van der Waals surface area contributed by atoms with Crippen molar-refractivity contribution in [2.75, 3.05) is 0 Å². The second kappa shape index (κ2) is 5.45. The van der Waals surface area contributed by atoms with Crippen molar-refractivity contribution in [2.45, 2.75) is 76.2 Å². The van der Waals surface area contributed by atoms with Crippen LogP contribution in [0.3, 0.4) is 0 Å². The molecule has 2 rings (SSSR count). The predicted octanol–water partition coefficient (Wildman–Crippen LogP) is 1.19. The highest BCUT2D eigenvalue weighted by Crippen LogP contribution is 2.26. The van der Waals surface area contributed by atoms with Crippen LogP contribution in [0.2, 0.25) is 0 Å². The first-order valence-corrected chi connectivity index (χ1v) is 6.34. The van der Waals surface area contributed by atoms with E-state index in [4.69, 9.17) is 9.47 Å². The normalized spacial score (nSPS) is 42.2. The number of hydrogen-bond acceptors (Lipinski definition) is 4. The maximum Gasteiger partial charge on any atom is 0.161 e. The summed E-state index contributed by atoms with van der Waals surface area (Å²) in [7, 11) is 0. The van der Waals surface area contributed by atoms with Crippen LogP contribution in [0.4, 0.5) is 0 Å². The number of aliphatic hydroxyl groups excluding tert-OH is 2. The summed E-state index contributed by atoms with van der Waals surface area (Å²) in [5.41, 5.74) is 0. The molecule has 4 atom stereocenters. The molecule has 4 heteroatoms. The van der Waals surface area contributed by atoms with Gasteiger partial charge in [0.15, 0.2) is 6.29 Å². The highest BCUT2D eigenvalue weighted by Gasteiger charge is 2.35. The van der Waals surface area contributed by atoms with Gasteiger partial charge in [-0.05, 0) is 19.8 Å². The number of aliphatic hydroxyl groups is 2. The van der Waals surface area contributed by atoms with Crippen molar-refractivity contribution in [1.82, 2.24) is 0 Å². The van der Waals surface area contributed by atoms with Crippen LogP contribution in [0.15, 0.2) is 0 Å². The average molecular weight is 230 g/mol. The minimum Gasteiger partial charge on any atom is -0.390 e. The Bertz CT molecular complexity index is 203. The molecular weight excluding hydrogens is 208 g/mol. The van der Waals surface area contributed by atoms with E-state index in [2.05, 4.69) is 0 Å². The van der Waals surface area contributed by atoms with Crippen LogP contribution in [-0.2, 0) is 9.47 Å². The molecule has 2 N–H and O–H groups in total. The van der Waals surface area contributed by atoms with E-state index in [-0.39, 0.29) is 18.5 Å². The monoisotopic (exact) mass is 230 g/mol. The molecule has 0 aromatic rings. The van der Waals surface area contributed by atoms with Crippen LogP contribution < -0.4 is 0 Å². The highest BCUT2D eigenvalue weighted by molar-refractivity contribution is 4.80. The Morgan fingerprint density at radius 2 is 1.81 bits per heavy atom. The van der Waals surface area contributed by atoms with Crippen molar-refractivity contribution in [1.29, 1.82) is 0 Å². The van der Waals surface area contributed by atoms with Crippen LogP contribution >= 0.6 is 0 Å². The summed E-state index contributed by atoms with van der Waals surface area (Å²) in [6.45, 7) is 1.77. The summed E-state index contributed by atoms with van der Waals surface area (Å²) in [5.74, 6) is 0. The molecule has 2 aliphatic rings. The molecule has 0 aromatic carbocycles. The molecule has 1 saturated carbocycles. The van der Waals surface area contributed by atoms with E-state index in [0.29, 0.717) is 6.42 Å². The Balaban J connectivity index is 1.81. The van der Waals surface area contributed by atoms with E-state index in [1.54, 1.807) is 6.92 Å². The summed E-state index contributed by atoms with van der Waals surface area (Å²) < 4.78 is 11.4. The minimum atomic E-state index is -0.786. The first kappa shape index (κ1) is 12.3. The first-order chi connectivity index (χ1) is 7.66. The van der Waals surface area contributed by atoms with Crippen LogP contribution in [0.1, 0.15) is 45.4 Å².